The second-order valence-corrected chi connectivity index (χ2v) is 5.52. The fraction of sp³-hybridized carbons (Fsp3) is 0.125. The molecule has 0 saturated carbocycles. The molecule has 2 aromatic carbocycles. The van der Waals surface area contributed by atoms with Gasteiger partial charge in [-0.3, -0.25) is 0 Å². The molecule has 22 heavy (non-hydrogen) atoms. The van der Waals surface area contributed by atoms with Crippen LogP contribution in [0.25, 0.3) is 0 Å². The van der Waals surface area contributed by atoms with Gasteiger partial charge in [-0.25, -0.2) is 9.59 Å². The Hall–Kier alpha value is -2.09. The molecule has 2 aromatic rings. The van der Waals surface area contributed by atoms with E-state index in [1.165, 1.54) is 0 Å². The van der Waals surface area contributed by atoms with Crippen LogP contribution in [0.5, 0.6) is 0 Å². The molecule has 0 fully saturated rings. The van der Waals surface area contributed by atoms with E-state index in [0.29, 0.717) is 17.9 Å². The first kappa shape index (κ1) is 16.3. The number of para-hydroxylation sites is 1. The number of ether oxygens (including phenoxy) is 1. The zero-order chi connectivity index (χ0) is 15.9. The van der Waals surface area contributed by atoms with Crippen molar-refractivity contribution in [2.24, 2.45) is 0 Å². The summed E-state index contributed by atoms with van der Waals surface area (Å²) in [5.41, 5.74) is 1.64. The van der Waals surface area contributed by atoms with Crippen molar-refractivity contribution in [2.45, 2.75) is 6.92 Å². The Morgan fingerprint density at radius 1 is 1.09 bits per heavy atom. The molecule has 0 saturated heterocycles. The van der Waals surface area contributed by atoms with E-state index < -0.39 is 5.97 Å². The molecule has 0 atom stereocenters. The quantitative estimate of drug-likeness (QED) is 0.589. The Balaban J connectivity index is 2.04. The molecule has 2 rings (SSSR count). The summed E-state index contributed by atoms with van der Waals surface area (Å²) in [5, 5.41) is 5.45. The lowest BCUT2D eigenvalue weighted by Gasteiger charge is -2.10. The van der Waals surface area contributed by atoms with Gasteiger partial charge in [-0.05, 0) is 59.8 Å². The number of benzene rings is 2. The molecule has 5 nitrogen and oxygen atoms in total. The minimum Gasteiger partial charge on any atom is -0.462 e. The van der Waals surface area contributed by atoms with E-state index in [0.717, 1.165) is 9.26 Å². The summed E-state index contributed by atoms with van der Waals surface area (Å²) in [6.45, 7) is 2.05. The summed E-state index contributed by atoms with van der Waals surface area (Å²) in [4.78, 5) is 23.7. The third-order valence-corrected chi connectivity index (χ3v) is 3.69. The molecule has 0 spiro atoms. The molecule has 0 bridgehead atoms. The number of urea groups is 1. The van der Waals surface area contributed by atoms with Gasteiger partial charge < -0.3 is 15.4 Å². The number of halogens is 1. The molecule has 114 valence electrons. The fourth-order valence-corrected chi connectivity index (χ4v) is 2.31. The van der Waals surface area contributed by atoms with Gasteiger partial charge in [0.05, 0.1) is 17.9 Å². The van der Waals surface area contributed by atoms with E-state index in [1.54, 1.807) is 31.2 Å². The Labute approximate surface area is 142 Å². The van der Waals surface area contributed by atoms with Crippen molar-refractivity contribution in [2.75, 3.05) is 17.2 Å². The van der Waals surface area contributed by atoms with E-state index in [9.17, 15) is 9.59 Å². The van der Waals surface area contributed by atoms with Crippen LogP contribution >= 0.6 is 22.6 Å². The summed E-state index contributed by atoms with van der Waals surface area (Å²) in [6, 6.07) is 13.7. The first-order chi connectivity index (χ1) is 10.6. The van der Waals surface area contributed by atoms with Gasteiger partial charge in [0.1, 0.15) is 0 Å². The Bertz CT molecular complexity index is 689. The number of nitrogens with one attached hydrogen (secondary N) is 2. The molecule has 6 heteroatoms. The number of amides is 2. The van der Waals surface area contributed by atoms with Crippen LogP contribution < -0.4 is 10.6 Å². The van der Waals surface area contributed by atoms with E-state index >= 15 is 0 Å². The number of hydrogen-bond acceptors (Lipinski definition) is 3. The number of carbonyl (C=O) groups excluding carboxylic acids is 2. The fourth-order valence-electron chi connectivity index (χ4n) is 1.79. The normalized spacial score (nSPS) is 9.91. The number of carbonyl (C=O) groups is 2. The average molecular weight is 410 g/mol. The van der Waals surface area contributed by atoms with Gasteiger partial charge in [0.15, 0.2) is 0 Å². The van der Waals surface area contributed by atoms with Gasteiger partial charge in [0, 0.05) is 9.26 Å². The second-order valence-electron chi connectivity index (χ2n) is 4.36. The van der Waals surface area contributed by atoms with E-state index in [-0.39, 0.29) is 6.03 Å². The predicted octanol–water partition coefficient (Wildman–Crippen LogP) is 4.11. The highest BCUT2D eigenvalue weighted by Gasteiger charge is 2.09. The zero-order valence-corrected chi connectivity index (χ0v) is 14.1. The lowest BCUT2D eigenvalue weighted by atomic mass is 10.2. The van der Waals surface area contributed by atoms with Crippen molar-refractivity contribution in [3.05, 3.63) is 57.7 Å². The maximum absolute atomic E-state index is 12.0. The highest BCUT2D eigenvalue weighted by molar-refractivity contribution is 14.1. The molecule has 0 aliphatic rings. The summed E-state index contributed by atoms with van der Waals surface area (Å²) >= 11 is 2.14. The van der Waals surface area contributed by atoms with Gasteiger partial charge >= 0.3 is 12.0 Å². The minimum atomic E-state index is -0.413. The summed E-state index contributed by atoms with van der Waals surface area (Å²) in [5.74, 6) is -0.413. The summed E-state index contributed by atoms with van der Waals surface area (Å²) < 4.78 is 5.87. The molecule has 2 N–H and O–H groups in total. The van der Waals surface area contributed by atoms with Crippen LogP contribution in [0.4, 0.5) is 16.2 Å². The largest absolute Gasteiger partial charge is 0.462 e. The van der Waals surface area contributed by atoms with Crippen LogP contribution in [-0.4, -0.2) is 18.6 Å². The maximum atomic E-state index is 12.0. The molecular formula is C16H15IN2O3. The number of esters is 1. The average Bonchev–Trinajstić information content (AvgIpc) is 2.50. The molecular weight excluding hydrogens is 395 g/mol. The lowest BCUT2D eigenvalue weighted by Crippen LogP contribution is -2.20. The van der Waals surface area contributed by atoms with Crippen molar-refractivity contribution in [1.29, 1.82) is 0 Å². The SMILES string of the molecule is CCOC(=O)c1cccc(NC(=O)Nc2ccccc2I)c1. The Kier molecular flexibility index (Phi) is 5.76. The molecule has 2 amide bonds. The monoisotopic (exact) mass is 410 g/mol. The van der Waals surface area contributed by atoms with Crippen molar-refractivity contribution < 1.29 is 14.3 Å². The van der Waals surface area contributed by atoms with E-state index in [4.69, 9.17) is 4.74 Å². The molecule has 0 heterocycles. The Morgan fingerprint density at radius 3 is 2.59 bits per heavy atom. The standard InChI is InChI=1S/C16H15IN2O3/c1-2-22-15(20)11-6-5-7-12(10-11)18-16(21)19-14-9-4-3-8-13(14)17/h3-10H,2H2,1H3,(H2,18,19,21). The highest BCUT2D eigenvalue weighted by Crippen LogP contribution is 2.18. The maximum Gasteiger partial charge on any atom is 0.338 e. The molecule has 0 aliphatic heterocycles. The molecule has 0 radical (unpaired) electrons. The molecule has 0 aromatic heterocycles. The lowest BCUT2D eigenvalue weighted by molar-refractivity contribution is 0.0526. The van der Waals surface area contributed by atoms with Crippen molar-refractivity contribution in [3.63, 3.8) is 0 Å². The van der Waals surface area contributed by atoms with Crippen LogP contribution in [0.15, 0.2) is 48.5 Å². The number of rotatable bonds is 4. The van der Waals surface area contributed by atoms with Crippen molar-refractivity contribution in [1.82, 2.24) is 0 Å². The summed E-state index contributed by atoms with van der Waals surface area (Å²) in [6.07, 6.45) is 0. The van der Waals surface area contributed by atoms with Crippen molar-refractivity contribution in [3.8, 4) is 0 Å². The minimum absolute atomic E-state index is 0.309. The third-order valence-electron chi connectivity index (χ3n) is 2.75. The third kappa shape index (κ3) is 4.45. The Morgan fingerprint density at radius 2 is 1.86 bits per heavy atom. The van der Waals surface area contributed by atoms with E-state index in [1.807, 2.05) is 24.3 Å². The van der Waals surface area contributed by atoms with Gasteiger partial charge in [0.25, 0.3) is 0 Å². The highest BCUT2D eigenvalue weighted by atomic mass is 127. The van der Waals surface area contributed by atoms with Crippen molar-refractivity contribution >= 4 is 46.0 Å². The first-order valence-electron chi connectivity index (χ1n) is 6.70. The van der Waals surface area contributed by atoms with Crippen LogP contribution in [0, 0.1) is 3.57 Å². The van der Waals surface area contributed by atoms with Crippen LogP contribution in [0.1, 0.15) is 17.3 Å². The van der Waals surface area contributed by atoms with Crippen LogP contribution in [-0.2, 0) is 4.74 Å². The first-order valence-corrected chi connectivity index (χ1v) is 7.77. The van der Waals surface area contributed by atoms with Crippen LogP contribution in [0.2, 0.25) is 0 Å². The second kappa shape index (κ2) is 7.79. The topological polar surface area (TPSA) is 67.4 Å². The summed E-state index contributed by atoms with van der Waals surface area (Å²) in [7, 11) is 0. The smallest absolute Gasteiger partial charge is 0.338 e. The van der Waals surface area contributed by atoms with Crippen LogP contribution in [0.3, 0.4) is 0 Å². The number of anilines is 2. The number of hydrogen-bond donors (Lipinski definition) is 2. The van der Waals surface area contributed by atoms with Gasteiger partial charge in [0.2, 0.25) is 0 Å². The van der Waals surface area contributed by atoms with Gasteiger partial charge in [-0.15, -0.1) is 0 Å². The predicted molar refractivity (Wildman–Crippen MR) is 94.2 cm³/mol. The molecule has 0 aliphatic carbocycles. The zero-order valence-electron chi connectivity index (χ0n) is 11.9. The molecule has 0 unspecified atom stereocenters. The van der Waals surface area contributed by atoms with E-state index in [2.05, 4.69) is 33.2 Å². The van der Waals surface area contributed by atoms with Gasteiger partial charge in [-0.1, -0.05) is 18.2 Å². The van der Waals surface area contributed by atoms with Gasteiger partial charge in [-0.2, -0.15) is 0 Å².